The predicted octanol–water partition coefficient (Wildman–Crippen LogP) is 2.49. The molecule has 0 fully saturated rings. The molecule has 0 atom stereocenters. The summed E-state index contributed by atoms with van der Waals surface area (Å²) >= 11 is 6.38. The first kappa shape index (κ1) is 15.8. The van der Waals surface area contributed by atoms with Crippen LogP contribution in [-0.4, -0.2) is 34.2 Å². The Bertz CT molecular complexity index is 646. The average molecular weight is 325 g/mol. The molecular weight excluding hydrogens is 310 g/mol. The molecule has 21 heavy (non-hydrogen) atoms. The highest BCUT2D eigenvalue weighted by atomic mass is 32.2. The van der Waals surface area contributed by atoms with Crippen molar-refractivity contribution in [2.45, 2.75) is 12.7 Å². The van der Waals surface area contributed by atoms with Gasteiger partial charge in [-0.05, 0) is 24.7 Å². The van der Waals surface area contributed by atoms with Gasteiger partial charge in [0.1, 0.15) is 5.69 Å². The van der Waals surface area contributed by atoms with Crippen molar-refractivity contribution in [3.05, 3.63) is 34.9 Å². The zero-order valence-corrected chi connectivity index (χ0v) is 13.6. The smallest absolute Gasteiger partial charge is 0.230 e. The molecule has 0 bridgehead atoms. The second-order valence-electron chi connectivity index (χ2n) is 4.37. The van der Waals surface area contributed by atoms with Gasteiger partial charge in [-0.15, -0.1) is 0 Å². The molecule has 0 saturated heterocycles. The van der Waals surface area contributed by atoms with E-state index in [2.05, 4.69) is 0 Å². The number of hydrogen-bond donors (Lipinski definition) is 0. The molecule has 0 N–H and O–H groups in total. The molecule has 1 aromatic rings. The maximum absolute atomic E-state index is 12.4. The summed E-state index contributed by atoms with van der Waals surface area (Å²) in [4.78, 5) is 24.5. The first-order valence-corrected chi connectivity index (χ1v) is 7.71. The van der Waals surface area contributed by atoms with Gasteiger partial charge in [0, 0.05) is 25.1 Å². The largest absolute Gasteiger partial charge is 0.492 e. The second kappa shape index (κ2) is 6.44. The summed E-state index contributed by atoms with van der Waals surface area (Å²) in [6, 6.07) is 0. The van der Waals surface area contributed by atoms with E-state index in [4.69, 9.17) is 21.7 Å². The number of allylic oxidation sites excluding steroid dienone is 2. The third-order valence-corrected chi connectivity index (χ3v) is 4.31. The summed E-state index contributed by atoms with van der Waals surface area (Å²) in [5.74, 6) is 0.0356. The van der Waals surface area contributed by atoms with Crippen LogP contribution in [0, 0.1) is 0 Å². The molecule has 1 aliphatic carbocycles. The predicted molar refractivity (Wildman–Crippen MR) is 84.7 cm³/mol. The number of methoxy groups -OCH3 is 1. The quantitative estimate of drug-likeness (QED) is 0.793. The van der Waals surface area contributed by atoms with Gasteiger partial charge in [0.15, 0.2) is 5.76 Å². The number of rotatable bonds is 4. The molecule has 0 spiro atoms. The molecule has 1 aromatic heterocycles. The molecule has 0 amide bonds. The molecule has 1 aliphatic rings. The normalized spacial score (nSPS) is 13.8. The lowest BCUT2D eigenvalue weighted by Crippen LogP contribution is -2.19. The van der Waals surface area contributed by atoms with Crippen molar-refractivity contribution in [3.63, 3.8) is 0 Å². The highest BCUT2D eigenvalue weighted by Crippen LogP contribution is 2.29. The van der Waals surface area contributed by atoms with Gasteiger partial charge in [-0.1, -0.05) is 11.8 Å². The molecule has 112 valence electrons. The summed E-state index contributed by atoms with van der Waals surface area (Å²) in [7, 11) is 3.12. The highest BCUT2D eigenvalue weighted by Gasteiger charge is 2.32. The first-order valence-electron chi connectivity index (χ1n) is 6.32. The maximum atomic E-state index is 12.4. The monoisotopic (exact) mass is 325 g/mol. The number of ether oxygens (including phenoxy) is 2. The van der Waals surface area contributed by atoms with E-state index in [0.717, 1.165) is 5.56 Å². The van der Waals surface area contributed by atoms with E-state index in [0.29, 0.717) is 28.0 Å². The Balaban J connectivity index is 2.32. The molecule has 2 rings (SSSR count). The minimum Gasteiger partial charge on any atom is -0.492 e. The van der Waals surface area contributed by atoms with Gasteiger partial charge in [0.05, 0.1) is 19.3 Å². The van der Waals surface area contributed by atoms with Crippen molar-refractivity contribution < 1.29 is 19.1 Å². The SMILES string of the molecule is CCOC(=S)SCc1cn(C)c2c1C(=O)C(OC)=CC2=O. The fraction of sp³-hybridized carbons (Fsp3) is 0.357. The summed E-state index contributed by atoms with van der Waals surface area (Å²) in [5, 5.41) is 0. The van der Waals surface area contributed by atoms with Crippen LogP contribution < -0.4 is 0 Å². The molecular formula is C14H15NO4S2. The Morgan fingerprint density at radius 3 is 2.76 bits per heavy atom. The average Bonchev–Trinajstić information content (AvgIpc) is 2.78. The van der Waals surface area contributed by atoms with Crippen molar-refractivity contribution in [1.29, 1.82) is 0 Å². The summed E-state index contributed by atoms with van der Waals surface area (Å²) in [6.07, 6.45) is 3.00. The van der Waals surface area contributed by atoms with Crippen LogP contribution in [0.5, 0.6) is 0 Å². The molecule has 0 unspecified atom stereocenters. The van der Waals surface area contributed by atoms with Gasteiger partial charge >= 0.3 is 0 Å². The van der Waals surface area contributed by atoms with Crippen LogP contribution >= 0.6 is 24.0 Å². The molecule has 0 aliphatic heterocycles. The van der Waals surface area contributed by atoms with Crippen molar-refractivity contribution in [3.8, 4) is 0 Å². The minimum atomic E-state index is -0.273. The van der Waals surface area contributed by atoms with Crippen molar-refractivity contribution in [2.24, 2.45) is 7.05 Å². The molecule has 0 aromatic carbocycles. The van der Waals surface area contributed by atoms with Crippen molar-refractivity contribution in [1.82, 2.24) is 4.57 Å². The van der Waals surface area contributed by atoms with Gasteiger partial charge in [-0.2, -0.15) is 0 Å². The zero-order valence-electron chi connectivity index (χ0n) is 12.0. The molecule has 0 radical (unpaired) electrons. The van der Waals surface area contributed by atoms with E-state index >= 15 is 0 Å². The minimum absolute atomic E-state index is 0.0670. The highest BCUT2D eigenvalue weighted by molar-refractivity contribution is 8.22. The lowest BCUT2D eigenvalue weighted by atomic mass is 9.97. The number of ketones is 2. The third-order valence-electron chi connectivity index (χ3n) is 3.03. The number of Topliss-reactive ketones (excluding diaryl/α,β-unsaturated/α-hetero) is 1. The number of hydrogen-bond acceptors (Lipinski definition) is 6. The summed E-state index contributed by atoms with van der Waals surface area (Å²) in [6.45, 7) is 2.36. The van der Waals surface area contributed by atoms with Crippen LogP contribution in [0.1, 0.15) is 33.3 Å². The number of aromatic nitrogens is 1. The topological polar surface area (TPSA) is 57.5 Å². The number of fused-ring (bicyclic) bond motifs is 1. The van der Waals surface area contributed by atoms with Gasteiger partial charge < -0.3 is 14.0 Å². The van der Waals surface area contributed by atoms with Crippen LogP contribution in [0.3, 0.4) is 0 Å². The number of carbonyl (C=O) groups is 2. The van der Waals surface area contributed by atoms with E-state index in [9.17, 15) is 9.59 Å². The first-order chi connectivity index (χ1) is 9.99. The Morgan fingerprint density at radius 1 is 1.43 bits per heavy atom. The summed E-state index contributed by atoms with van der Waals surface area (Å²) < 4.78 is 12.3. The molecule has 7 heteroatoms. The number of thiocarbonyl (C=S) groups is 1. The van der Waals surface area contributed by atoms with Crippen molar-refractivity contribution in [2.75, 3.05) is 13.7 Å². The number of aryl methyl sites for hydroxylation is 1. The van der Waals surface area contributed by atoms with E-state index in [1.165, 1.54) is 24.9 Å². The zero-order chi connectivity index (χ0) is 15.6. The van der Waals surface area contributed by atoms with Gasteiger partial charge in [-0.25, -0.2) is 0 Å². The second-order valence-corrected chi connectivity index (χ2v) is 5.94. The fourth-order valence-corrected chi connectivity index (χ4v) is 3.16. The van der Waals surface area contributed by atoms with Crippen LogP contribution in [0.2, 0.25) is 0 Å². The Hall–Kier alpha value is -1.60. The number of nitrogens with zero attached hydrogens (tertiary/aromatic N) is 1. The molecule has 1 heterocycles. The van der Waals surface area contributed by atoms with E-state index in [1.807, 2.05) is 6.92 Å². The Labute approximate surface area is 132 Å². The fourth-order valence-electron chi connectivity index (χ4n) is 2.18. The number of carbonyl (C=O) groups excluding carboxylic acids is 2. The van der Waals surface area contributed by atoms with E-state index in [-0.39, 0.29) is 17.3 Å². The summed E-state index contributed by atoms with van der Waals surface area (Å²) in [5.41, 5.74) is 1.54. The Morgan fingerprint density at radius 2 is 2.14 bits per heavy atom. The molecule has 5 nitrogen and oxygen atoms in total. The van der Waals surface area contributed by atoms with Gasteiger partial charge in [0.25, 0.3) is 0 Å². The van der Waals surface area contributed by atoms with Gasteiger partial charge in [-0.3, -0.25) is 9.59 Å². The maximum Gasteiger partial charge on any atom is 0.230 e. The van der Waals surface area contributed by atoms with Crippen LogP contribution in [0.15, 0.2) is 18.0 Å². The van der Waals surface area contributed by atoms with E-state index < -0.39 is 0 Å². The number of thioether (sulfide) groups is 1. The standard InChI is InChI=1S/C14H15NO4S2/c1-4-19-14(20)21-7-8-6-15(2)12-9(16)5-10(18-3)13(17)11(8)12/h5-6H,4,7H2,1-3H3. The van der Waals surface area contributed by atoms with Crippen molar-refractivity contribution >= 4 is 39.9 Å². The Kier molecular flexibility index (Phi) is 4.84. The van der Waals surface area contributed by atoms with Crippen LogP contribution in [0.4, 0.5) is 0 Å². The molecule has 0 saturated carbocycles. The van der Waals surface area contributed by atoms with Crippen LogP contribution in [0.25, 0.3) is 0 Å². The lowest BCUT2D eigenvalue weighted by molar-refractivity contribution is 0.0913. The lowest BCUT2D eigenvalue weighted by Gasteiger charge is -2.13. The van der Waals surface area contributed by atoms with E-state index in [1.54, 1.807) is 17.8 Å². The van der Waals surface area contributed by atoms with Crippen LogP contribution in [-0.2, 0) is 22.3 Å². The third kappa shape index (κ3) is 3.03. The van der Waals surface area contributed by atoms with Gasteiger partial charge in [0.2, 0.25) is 15.9 Å².